The average Bonchev–Trinajstić information content (AvgIpc) is 2.42. The van der Waals surface area contributed by atoms with E-state index in [0.717, 1.165) is 5.56 Å². The Hall–Kier alpha value is -2.07. The van der Waals surface area contributed by atoms with Crippen LogP contribution in [0.3, 0.4) is 0 Å². The topological polar surface area (TPSA) is 51.2 Å². The summed E-state index contributed by atoms with van der Waals surface area (Å²) in [5.41, 5.74) is 2.01. The highest BCUT2D eigenvalue weighted by atomic mass is 35.5. The molecule has 0 fully saturated rings. The van der Waals surface area contributed by atoms with E-state index in [1.807, 2.05) is 32.0 Å². The van der Waals surface area contributed by atoms with E-state index in [-0.39, 0.29) is 5.91 Å². The number of halogens is 1. The highest BCUT2D eigenvalue weighted by Crippen LogP contribution is 2.27. The molecule has 0 radical (unpaired) electrons. The first kappa shape index (κ1) is 14.3. The Morgan fingerprint density at radius 3 is 2.90 bits per heavy atom. The van der Waals surface area contributed by atoms with Crippen LogP contribution in [0.5, 0.6) is 5.75 Å². The fourth-order valence-corrected chi connectivity index (χ4v) is 1.93. The van der Waals surface area contributed by atoms with Crippen LogP contribution in [0.25, 0.3) is 0 Å². The molecule has 0 atom stereocenters. The van der Waals surface area contributed by atoms with Crippen molar-refractivity contribution in [3.05, 3.63) is 52.8 Å². The van der Waals surface area contributed by atoms with Gasteiger partial charge in [0.05, 0.1) is 22.9 Å². The molecule has 1 N–H and O–H groups in total. The lowest BCUT2D eigenvalue weighted by Crippen LogP contribution is -2.13. The molecule has 0 spiro atoms. The molecule has 0 aliphatic rings. The van der Waals surface area contributed by atoms with Gasteiger partial charge in [0.2, 0.25) is 0 Å². The molecule has 0 aliphatic heterocycles. The van der Waals surface area contributed by atoms with Gasteiger partial charge < -0.3 is 10.1 Å². The van der Waals surface area contributed by atoms with Crippen LogP contribution in [0, 0.1) is 6.92 Å². The predicted octanol–water partition coefficient (Wildman–Crippen LogP) is 3.69. The zero-order chi connectivity index (χ0) is 14.5. The van der Waals surface area contributed by atoms with E-state index in [1.165, 1.54) is 12.4 Å². The second kappa shape index (κ2) is 6.39. The van der Waals surface area contributed by atoms with Crippen LogP contribution in [0.2, 0.25) is 5.02 Å². The number of carbonyl (C=O) groups is 1. The molecule has 1 aromatic heterocycles. The van der Waals surface area contributed by atoms with Gasteiger partial charge in [0.25, 0.3) is 5.91 Å². The van der Waals surface area contributed by atoms with Crippen molar-refractivity contribution in [1.29, 1.82) is 0 Å². The number of anilines is 1. The first-order valence-electron chi connectivity index (χ1n) is 6.26. The Morgan fingerprint density at radius 1 is 1.40 bits per heavy atom. The number of amides is 1. The number of pyridine rings is 1. The molecular formula is C15H15ClN2O2. The molecule has 1 aromatic carbocycles. The number of hydrogen-bond donors (Lipinski definition) is 1. The van der Waals surface area contributed by atoms with Crippen molar-refractivity contribution >= 4 is 23.2 Å². The average molecular weight is 291 g/mol. The van der Waals surface area contributed by atoms with Crippen molar-refractivity contribution < 1.29 is 9.53 Å². The van der Waals surface area contributed by atoms with E-state index in [9.17, 15) is 4.79 Å². The molecule has 0 bridgehead atoms. The Morgan fingerprint density at radius 2 is 2.20 bits per heavy atom. The number of rotatable bonds is 4. The molecule has 5 heteroatoms. The molecule has 0 aliphatic carbocycles. The van der Waals surface area contributed by atoms with E-state index in [1.54, 1.807) is 6.07 Å². The molecule has 0 unspecified atom stereocenters. The number of nitrogens with one attached hydrogen (secondary N) is 1. The van der Waals surface area contributed by atoms with Crippen molar-refractivity contribution in [2.24, 2.45) is 0 Å². The second-order valence-electron chi connectivity index (χ2n) is 4.24. The van der Waals surface area contributed by atoms with E-state index in [0.29, 0.717) is 28.6 Å². The van der Waals surface area contributed by atoms with Gasteiger partial charge in [-0.2, -0.15) is 0 Å². The highest BCUT2D eigenvalue weighted by Gasteiger charge is 2.13. The summed E-state index contributed by atoms with van der Waals surface area (Å²) in [6, 6.07) is 7.17. The predicted molar refractivity (Wildman–Crippen MR) is 79.5 cm³/mol. The highest BCUT2D eigenvalue weighted by molar-refractivity contribution is 6.34. The van der Waals surface area contributed by atoms with Crippen molar-refractivity contribution in [2.75, 3.05) is 11.9 Å². The maximum absolute atomic E-state index is 12.2. The number of carbonyl (C=O) groups excluding carboxylic acids is 1. The third-order valence-electron chi connectivity index (χ3n) is 2.70. The minimum atomic E-state index is -0.312. The number of ether oxygens (including phenoxy) is 1. The lowest BCUT2D eigenvalue weighted by Gasteiger charge is -2.12. The second-order valence-corrected chi connectivity index (χ2v) is 4.65. The first-order valence-corrected chi connectivity index (χ1v) is 6.64. The van der Waals surface area contributed by atoms with Gasteiger partial charge in [-0.1, -0.05) is 17.7 Å². The Bertz CT molecular complexity index is 629. The summed E-state index contributed by atoms with van der Waals surface area (Å²) in [4.78, 5) is 16.1. The molecule has 2 aromatic rings. The maximum atomic E-state index is 12.2. The number of aryl methyl sites for hydroxylation is 1. The number of hydrogen-bond acceptors (Lipinski definition) is 3. The lowest BCUT2D eigenvalue weighted by molar-refractivity contribution is 0.102. The normalized spacial score (nSPS) is 10.2. The van der Waals surface area contributed by atoms with Crippen molar-refractivity contribution in [3.8, 4) is 5.75 Å². The van der Waals surface area contributed by atoms with Gasteiger partial charge in [-0.05, 0) is 37.6 Å². The molecule has 0 saturated heterocycles. The van der Waals surface area contributed by atoms with Crippen LogP contribution in [-0.2, 0) is 0 Å². The number of benzene rings is 1. The zero-order valence-corrected chi connectivity index (χ0v) is 12.1. The first-order chi connectivity index (χ1) is 9.61. The van der Waals surface area contributed by atoms with E-state index in [4.69, 9.17) is 16.3 Å². The standard InChI is InChI=1S/C15H15ClN2O2/c1-3-20-14-8-10(2)4-5-13(14)18-15(19)11-9-17-7-6-12(11)16/h4-9H,3H2,1-2H3,(H,18,19). The van der Waals surface area contributed by atoms with Gasteiger partial charge in [0, 0.05) is 12.4 Å². The van der Waals surface area contributed by atoms with Gasteiger partial charge in [0.15, 0.2) is 0 Å². The summed E-state index contributed by atoms with van der Waals surface area (Å²) in [5.74, 6) is 0.328. The minimum Gasteiger partial charge on any atom is -0.492 e. The fourth-order valence-electron chi connectivity index (χ4n) is 1.74. The fraction of sp³-hybridized carbons (Fsp3) is 0.200. The quantitative estimate of drug-likeness (QED) is 0.934. The summed E-state index contributed by atoms with van der Waals surface area (Å²) in [6.45, 7) is 4.39. The Kier molecular flexibility index (Phi) is 4.58. The van der Waals surface area contributed by atoms with Crippen LogP contribution in [0.1, 0.15) is 22.8 Å². The molecule has 1 amide bonds. The Labute approximate surface area is 122 Å². The van der Waals surface area contributed by atoms with Crippen LogP contribution in [0.4, 0.5) is 5.69 Å². The van der Waals surface area contributed by atoms with Crippen LogP contribution in [0.15, 0.2) is 36.7 Å². The van der Waals surface area contributed by atoms with E-state index < -0.39 is 0 Å². The Balaban J connectivity index is 2.26. The third kappa shape index (κ3) is 3.27. The third-order valence-corrected chi connectivity index (χ3v) is 3.03. The largest absolute Gasteiger partial charge is 0.492 e. The lowest BCUT2D eigenvalue weighted by atomic mass is 10.2. The molecule has 0 saturated carbocycles. The molecule has 4 nitrogen and oxygen atoms in total. The van der Waals surface area contributed by atoms with Crippen LogP contribution < -0.4 is 10.1 Å². The summed E-state index contributed by atoms with van der Waals surface area (Å²) < 4.78 is 5.52. The van der Waals surface area contributed by atoms with Crippen molar-refractivity contribution in [1.82, 2.24) is 4.98 Å². The van der Waals surface area contributed by atoms with Gasteiger partial charge in [0.1, 0.15) is 5.75 Å². The molecule has 2 rings (SSSR count). The van der Waals surface area contributed by atoms with Crippen LogP contribution >= 0.6 is 11.6 Å². The monoisotopic (exact) mass is 290 g/mol. The van der Waals surface area contributed by atoms with Crippen molar-refractivity contribution in [2.45, 2.75) is 13.8 Å². The molecule has 20 heavy (non-hydrogen) atoms. The number of nitrogens with zero attached hydrogens (tertiary/aromatic N) is 1. The molecule has 1 heterocycles. The minimum absolute atomic E-state index is 0.312. The van der Waals surface area contributed by atoms with Gasteiger partial charge in [-0.3, -0.25) is 9.78 Å². The smallest absolute Gasteiger partial charge is 0.258 e. The maximum Gasteiger partial charge on any atom is 0.258 e. The van der Waals surface area contributed by atoms with Crippen molar-refractivity contribution in [3.63, 3.8) is 0 Å². The SMILES string of the molecule is CCOc1cc(C)ccc1NC(=O)c1cnccc1Cl. The van der Waals surface area contributed by atoms with Gasteiger partial charge >= 0.3 is 0 Å². The van der Waals surface area contributed by atoms with E-state index in [2.05, 4.69) is 10.3 Å². The van der Waals surface area contributed by atoms with Crippen LogP contribution in [-0.4, -0.2) is 17.5 Å². The zero-order valence-electron chi connectivity index (χ0n) is 11.3. The summed E-state index contributed by atoms with van der Waals surface area (Å²) >= 11 is 5.98. The summed E-state index contributed by atoms with van der Waals surface area (Å²) in [5, 5.41) is 3.15. The number of aromatic nitrogens is 1. The molecular weight excluding hydrogens is 276 g/mol. The van der Waals surface area contributed by atoms with Gasteiger partial charge in [-0.15, -0.1) is 0 Å². The molecule has 104 valence electrons. The summed E-state index contributed by atoms with van der Waals surface area (Å²) in [6.07, 6.45) is 2.98. The van der Waals surface area contributed by atoms with E-state index >= 15 is 0 Å². The van der Waals surface area contributed by atoms with Gasteiger partial charge in [-0.25, -0.2) is 0 Å². The summed E-state index contributed by atoms with van der Waals surface area (Å²) in [7, 11) is 0.